The van der Waals surface area contributed by atoms with E-state index in [4.69, 9.17) is 0 Å². The Hall–Kier alpha value is -1.93. The van der Waals surface area contributed by atoms with Gasteiger partial charge in [0, 0.05) is 19.3 Å². The lowest BCUT2D eigenvalue weighted by Crippen LogP contribution is -2.70. The van der Waals surface area contributed by atoms with E-state index in [0.717, 1.165) is 12.8 Å². The summed E-state index contributed by atoms with van der Waals surface area (Å²) in [5.41, 5.74) is 0. The molecule has 0 heterocycles. The van der Waals surface area contributed by atoms with E-state index in [1.807, 2.05) is 26.8 Å². The van der Waals surface area contributed by atoms with Crippen LogP contribution in [0, 0.1) is 0 Å². The average Bonchev–Trinajstić information content (AvgIpc) is 2.66. The fourth-order valence-corrected chi connectivity index (χ4v) is 3.82. The number of allylic oxidation sites excluding steroid dienone is 1. The molecule has 0 spiro atoms. The molecule has 1 amide bonds. The Labute approximate surface area is 174 Å². The van der Waals surface area contributed by atoms with Crippen molar-refractivity contribution in [3.8, 4) is 0 Å². The predicted molar refractivity (Wildman–Crippen MR) is 109 cm³/mol. The lowest BCUT2D eigenvalue weighted by Gasteiger charge is -2.48. The van der Waals surface area contributed by atoms with Gasteiger partial charge >= 0.3 is 5.97 Å². The molecule has 0 aliphatic heterocycles. The first-order valence-corrected chi connectivity index (χ1v) is 10.6. The second-order valence-electron chi connectivity index (χ2n) is 7.35. The van der Waals surface area contributed by atoms with Crippen molar-refractivity contribution in [1.82, 2.24) is 5.32 Å². The van der Waals surface area contributed by atoms with Gasteiger partial charge in [-0.15, -0.1) is 0 Å². The summed E-state index contributed by atoms with van der Waals surface area (Å²) in [6.07, 6.45) is 7.44. The van der Waals surface area contributed by atoms with Crippen LogP contribution in [0.3, 0.4) is 0 Å². The van der Waals surface area contributed by atoms with Gasteiger partial charge in [-0.3, -0.25) is 4.79 Å². The van der Waals surface area contributed by atoms with Gasteiger partial charge < -0.3 is 29.9 Å². The molecule has 29 heavy (non-hydrogen) atoms. The zero-order valence-electron chi connectivity index (χ0n) is 18.1. The molecule has 0 radical (unpaired) electrons. The van der Waals surface area contributed by atoms with E-state index in [-0.39, 0.29) is 55.9 Å². The van der Waals surface area contributed by atoms with Crippen LogP contribution in [0.5, 0.6) is 0 Å². The Morgan fingerprint density at radius 1 is 1.00 bits per heavy atom. The number of aliphatic carboxylic acids is 2. The molecule has 8 nitrogen and oxygen atoms in total. The first-order chi connectivity index (χ1) is 13.8. The van der Waals surface area contributed by atoms with E-state index < -0.39 is 24.0 Å². The maximum Gasteiger partial charge on any atom is 0.362 e. The third-order valence-electron chi connectivity index (χ3n) is 5.21. The van der Waals surface area contributed by atoms with Gasteiger partial charge in [-0.2, -0.15) is 0 Å². The Morgan fingerprint density at radius 3 is 2.10 bits per heavy atom. The normalized spacial score (nSPS) is 15.6. The van der Waals surface area contributed by atoms with Crippen LogP contribution in [-0.4, -0.2) is 70.9 Å². The summed E-state index contributed by atoms with van der Waals surface area (Å²) >= 11 is 0. The molecule has 0 saturated heterocycles. The molecule has 0 fully saturated rings. The van der Waals surface area contributed by atoms with Crippen LogP contribution in [0.1, 0.15) is 65.7 Å². The van der Waals surface area contributed by atoms with E-state index >= 15 is 0 Å². The number of aliphatic hydroxyl groups excluding tert-OH is 1. The summed E-state index contributed by atoms with van der Waals surface area (Å²) in [6.45, 7) is 5.55. The van der Waals surface area contributed by atoms with Crippen molar-refractivity contribution in [1.29, 1.82) is 0 Å². The largest absolute Gasteiger partial charge is 0.544 e. The van der Waals surface area contributed by atoms with Crippen LogP contribution >= 0.6 is 0 Å². The quantitative estimate of drug-likeness (QED) is 0.239. The van der Waals surface area contributed by atoms with Crippen molar-refractivity contribution in [3.05, 3.63) is 12.2 Å². The molecular formula is C21H38N2O6. The molecule has 3 unspecified atom stereocenters. The molecule has 3 N–H and O–H groups in total. The van der Waals surface area contributed by atoms with Crippen LogP contribution in [-0.2, 0) is 14.4 Å². The lowest BCUT2D eigenvalue weighted by molar-refractivity contribution is -0.959. The SMILES string of the molecule is CCC/C=C/CC(=O)NCC[N+](CCO)(C(CCC)C(=O)[O-])C(CCC)C(=O)O. The minimum Gasteiger partial charge on any atom is -0.544 e. The smallest absolute Gasteiger partial charge is 0.362 e. The van der Waals surface area contributed by atoms with Gasteiger partial charge in [-0.05, 0) is 12.8 Å². The standard InChI is InChI=1S/C21H38N2O6/c1-4-7-8-9-12-19(25)22-13-14-23(15-16-24,17(10-5-2)20(26)27)18(11-6-3)21(28)29/h8-9,17-18,24H,4-7,10-16H2,1-3H3,(H2-,22,25,26,27,28,29)/b9-8+. The number of carbonyl (C=O) groups excluding carboxylic acids is 2. The molecule has 0 aromatic rings. The number of nitrogens with one attached hydrogen (secondary N) is 1. The zero-order chi connectivity index (χ0) is 22.3. The summed E-state index contributed by atoms with van der Waals surface area (Å²) in [4.78, 5) is 36.0. The van der Waals surface area contributed by atoms with Crippen LogP contribution in [0.25, 0.3) is 0 Å². The zero-order valence-corrected chi connectivity index (χ0v) is 18.1. The highest BCUT2D eigenvalue weighted by Gasteiger charge is 2.47. The van der Waals surface area contributed by atoms with Crippen molar-refractivity contribution in [2.45, 2.75) is 77.8 Å². The van der Waals surface area contributed by atoms with E-state index in [1.165, 1.54) is 0 Å². The highest BCUT2D eigenvalue weighted by atomic mass is 16.4. The summed E-state index contributed by atoms with van der Waals surface area (Å²) in [6, 6.07) is -2.07. The van der Waals surface area contributed by atoms with Crippen LogP contribution in [0.4, 0.5) is 0 Å². The molecule has 3 atom stereocenters. The topological polar surface area (TPSA) is 127 Å². The van der Waals surface area contributed by atoms with E-state index in [1.54, 1.807) is 6.08 Å². The number of hydrogen-bond donors (Lipinski definition) is 3. The van der Waals surface area contributed by atoms with Gasteiger partial charge in [-0.1, -0.05) is 45.8 Å². The number of carboxylic acid groups (broad SMARTS) is 2. The molecule has 168 valence electrons. The summed E-state index contributed by atoms with van der Waals surface area (Å²) < 4.78 is -0.332. The maximum atomic E-state index is 12.0. The fourth-order valence-electron chi connectivity index (χ4n) is 3.82. The second-order valence-corrected chi connectivity index (χ2v) is 7.35. The van der Waals surface area contributed by atoms with Crippen molar-refractivity contribution in [3.63, 3.8) is 0 Å². The highest BCUT2D eigenvalue weighted by molar-refractivity contribution is 5.77. The summed E-state index contributed by atoms with van der Waals surface area (Å²) in [5, 5.41) is 34.2. The Bertz CT molecular complexity index is 511. The van der Waals surface area contributed by atoms with E-state index in [9.17, 15) is 29.7 Å². The van der Waals surface area contributed by atoms with Crippen molar-refractivity contribution >= 4 is 17.8 Å². The van der Waals surface area contributed by atoms with Crippen molar-refractivity contribution < 1.29 is 34.2 Å². The third-order valence-corrected chi connectivity index (χ3v) is 5.21. The maximum absolute atomic E-state index is 12.0. The summed E-state index contributed by atoms with van der Waals surface area (Å²) in [5.74, 6) is -2.63. The van der Waals surface area contributed by atoms with Gasteiger partial charge in [-0.25, -0.2) is 4.79 Å². The number of aliphatic hydroxyl groups is 1. The molecule has 0 rings (SSSR count). The van der Waals surface area contributed by atoms with Crippen LogP contribution in [0.15, 0.2) is 12.2 Å². The number of quaternary nitrogens is 1. The van der Waals surface area contributed by atoms with Gasteiger partial charge in [0.25, 0.3) is 0 Å². The van der Waals surface area contributed by atoms with Crippen molar-refractivity contribution in [2.75, 3.05) is 26.2 Å². The molecule has 0 saturated carbocycles. The first-order valence-electron chi connectivity index (χ1n) is 10.6. The third kappa shape index (κ3) is 8.95. The van der Waals surface area contributed by atoms with Crippen LogP contribution in [0.2, 0.25) is 0 Å². The van der Waals surface area contributed by atoms with E-state index in [0.29, 0.717) is 12.8 Å². The molecule has 0 aliphatic carbocycles. The summed E-state index contributed by atoms with van der Waals surface area (Å²) in [7, 11) is 0. The highest BCUT2D eigenvalue weighted by Crippen LogP contribution is 2.26. The molecule has 8 heteroatoms. The molecular weight excluding hydrogens is 376 g/mol. The molecule has 0 aliphatic rings. The number of amides is 1. The number of unbranched alkanes of at least 4 members (excludes halogenated alkanes) is 1. The first kappa shape index (κ1) is 27.1. The van der Waals surface area contributed by atoms with Gasteiger partial charge in [0.15, 0.2) is 6.04 Å². The second kappa shape index (κ2) is 15.0. The Kier molecular flexibility index (Phi) is 14.0. The number of hydrogen-bond acceptors (Lipinski definition) is 5. The van der Waals surface area contributed by atoms with E-state index in [2.05, 4.69) is 5.32 Å². The minimum atomic E-state index is -1.32. The predicted octanol–water partition coefficient (Wildman–Crippen LogP) is 0.830. The molecule has 0 aromatic carbocycles. The van der Waals surface area contributed by atoms with Gasteiger partial charge in [0.1, 0.15) is 12.6 Å². The molecule has 0 aromatic heterocycles. The average molecular weight is 415 g/mol. The fraction of sp³-hybridized carbons (Fsp3) is 0.762. The Balaban J connectivity index is 5.60. The molecule has 0 bridgehead atoms. The van der Waals surface area contributed by atoms with Crippen molar-refractivity contribution in [2.24, 2.45) is 0 Å². The minimum absolute atomic E-state index is 0.0259. The number of carboxylic acids is 2. The Morgan fingerprint density at radius 2 is 1.62 bits per heavy atom. The van der Waals surface area contributed by atoms with Gasteiger partial charge in [0.05, 0.1) is 25.7 Å². The number of rotatable bonds is 17. The van der Waals surface area contributed by atoms with Crippen LogP contribution < -0.4 is 10.4 Å². The number of nitrogens with zero attached hydrogens (tertiary/aromatic N) is 1. The number of carbonyl (C=O) groups is 3. The lowest BCUT2D eigenvalue weighted by atomic mass is 9.98. The van der Waals surface area contributed by atoms with Gasteiger partial charge in [0.2, 0.25) is 5.91 Å². The monoisotopic (exact) mass is 414 g/mol.